The molecule has 1 amide bonds. The normalized spacial score (nSPS) is 15.9. The van der Waals surface area contributed by atoms with Crippen molar-refractivity contribution in [1.82, 2.24) is 10.3 Å². The first-order valence-corrected chi connectivity index (χ1v) is 8.95. The molecular formula is C17H19BrClN3O. The summed E-state index contributed by atoms with van der Waals surface area (Å²) in [7, 11) is 1.70. The van der Waals surface area contributed by atoms with E-state index in [-0.39, 0.29) is 5.91 Å². The van der Waals surface area contributed by atoms with E-state index in [1.54, 1.807) is 7.05 Å². The monoisotopic (exact) mass is 395 g/mol. The molecule has 1 aliphatic heterocycles. The van der Waals surface area contributed by atoms with Crippen LogP contribution < -0.4 is 10.2 Å². The Morgan fingerprint density at radius 3 is 2.87 bits per heavy atom. The number of fused-ring (bicyclic) bond motifs is 1. The Bertz CT molecular complexity index is 729. The lowest BCUT2D eigenvalue weighted by molar-refractivity contribution is -0.121. The summed E-state index contributed by atoms with van der Waals surface area (Å²) in [5, 5.41) is 4.44. The van der Waals surface area contributed by atoms with Crippen LogP contribution in [0.5, 0.6) is 0 Å². The Hall–Kier alpha value is -1.33. The fourth-order valence-electron chi connectivity index (χ4n) is 3.18. The van der Waals surface area contributed by atoms with Gasteiger partial charge in [-0.05, 0) is 37.0 Å². The van der Waals surface area contributed by atoms with Crippen molar-refractivity contribution < 1.29 is 4.79 Å². The summed E-state index contributed by atoms with van der Waals surface area (Å²) in [6.07, 6.45) is 4.49. The number of nitrogens with one attached hydrogen (secondary N) is 1. The second-order valence-electron chi connectivity index (χ2n) is 5.92. The molecule has 4 nitrogen and oxygen atoms in total. The van der Waals surface area contributed by atoms with E-state index in [0.29, 0.717) is 17.4 Å². The van der Waals surface area contributed by atoms with Gasteiger partial charge in [0.15, 0.2) is 0 Å². The van der Waals surface area contributed by atoms with E-state index in [2.05, 4.69) is 37.2 Å². The third-order valence-electron chi connectivity index (χ3n) is 4.45. The molecule has 0 unspecified atom stereocenters. The van der Waals surface area contributed by atoms with Crippen molar-refractivity contribution >= 4 is 50.0 Å². The van der Waals surface area contributed by atoms with Crippen LogP contribution in [0.2, 0.25) is 5.02 Å². The molecule has 0 spiro atoms. The second kappa shape index (κ2) is 7.05. The van der Waals surface area contributed by atoms with Crippen molar-refractivity contribution in [1.29, 1.82) is 0 Å². The number of carbonyl (C=O) groups is 1. The quantitative estimate of drug-likeness (QED) is 0.853. The predicted octanol–water partition coefficient (Wildman–Crippen LogP) is 4.00. The van der Waals surface area contributed by atoms with Crippen molar-refractivity contribution in [2.24, 2.45) is 5.92 Å². The van der Waals surface area contributed by atoms with Gasteiger partial charge in [0.25, 0.3) is 0 Å². The average Bonchev–Trinajstić information content (AvgIpc) is 2.55. The zero-order valence-corrected chi connectivity index (χ0v) is 15.3. The van der Waals surface area contributed by atoms with Crippen LogP contribution in [0.3, 0.4) is 0 Å². The first-order chi connectivity index (χ1) is 11.1. The first-order valence-electron chi connectivity index (χ1n) is 7.77. The van der Waals surface area contributed by atoms with Crippen LogP contribution in [-0.4, -0.2) is 31.0 Å². The minimum atomic E-state index is 0.133. The number of halogens is 2. The maximum Gasteiger partial charge on any atom is 0.220 e. The predicted molar refractivity (Wildman–Crippen MR) is 98.1 cm³/mol. The SMILES string of the molecule is CNC(=O)CC1CCN(c2ccnc3c(Cl)cc(Br)cc23)CC1. The molecule has 1 fully saturated rings. The Morgan fingerprint density at radius 1 is 1.43 bits per heavy atom. The molecule has 1 N–H and O–H groups in total. The fourth-order valence-corrected chi connectivity index (χ4v) is 4.04. The van der Waals surface area contributed by atoms with Crippen LogP contribution in [0, 0.1) is 5.92 Å². The Morgan fingerprint density at radius 2 is 2.17 bits per heavy atom. The topological polar surface area (TPSA) is 45.2 Å². The minimum Gasteiger partial charge on any atom is -0.371 e. The second-order valence-corrected chi connectivity index (χ2v) is 7.24. The van der Waals surface area contributed by atoms with Crippen LogP contribution >= 0.6 is 27.5 Å². The highest BCUT2D eigenvalue weighted by Gasteiger charge is 2.22. The maximum absolute atomic E-state index is 11.5. The van der Waals surface area contributed by atoms with Gasteiger partial charge in [-0.2, -0.15) is 0 Å². The minimum absolute atomic E-state index is 0.133. The van der Waals surface area contributed by atoms with Gasteiger partial charge in [-0.25, -0.2) is 0 Å². The van der Waals surface area contributed by atoms with Gasteiger partial charge < -0.3 is 10.2 Å². The highest BCUT2D eigenvalue weighted by Crippen LogP contribution is 2.34. The van der Waals surface area contributed by atoms with Crippen molar-refractivity contribution in [2.75, 3.05) is 25.0 Å². The van der Waals surface area contributed by atoms with Gasteiger partial charge in [0.05, 0.1) is 10.5 Å². The largest absolute Gasteiger partial charge is 0.371 e. The van der Waals surface area contributed by atoms with Crippen LogP contribution in [-0.2, 0) is 4.79 Å². The Balaban J connectivity index is 1.81. The van der Waals surface area contributed by atoms with Gasteiger partial charge in [-0.1, -0.05) is 27.5 Å². The highest BCUT2D eigenvalue weighted by atomic mass is 79.9. The van der Waals surface area contributed by atoms with Gasteiger partial charge in [-0.15, -0.1) is 0 Å². The molecule has 6 heteroatoms. The molecule has 1 saturated heterocycles. The summed E-state index contributed by atoms with van der Waals surface area (Å²) in [5.74, 6) is 0.600. The molecule has 2 aromatic rings. The lowest BCUT2D eigenvalue weighted by Gasteiger charge is -2.34. The molecule has 3 rings (SSSR count). The number of nitrogens with zero attached hydrogens (tertiary/aromatic N) is 2. The molecule has 1 aromatic carbocycles. The summed E-state index contributed by atoms with van der Waals surface area (Å²) < 4.78 is 0.957. The van der Waals surface area contributed by atoms with Crippen molar-refractivity contribution in [2.45, 2.75) is 19.3 Å². The van der Waals surface area contributed by atoms with E-state index < -0.39 is 0 Å². The number of carbonyl (C=O) groups excluding carboxylic acids is 1. The van der Waals surface area contributed by atoms with E-state index in [1.807, 2.05) is 18.3 Å². The summed E-state index contributed by atoms with van der Waals surface area (Å²) in [4.78, 5) is 18.3. The van der Waals surface area contributed by atoms with Crippen molar-refractivity contribution in [3.05, 3.63) is 33.9 Å². The molecule has 0 radical (unpaired) electrons. The summed E-state index contributed by atoms with van der Waals surface area (Å²) >= 11 is 9.83. The zero-order chi connectivity index (χ0) is 16.4. The standard InChI is InChI=1S/C17H19BrClN3O/c1-20-16(23)8-11-3-6-22(7-4-11)15-2-5-21-17-13(15)9-12(18)10-14(17)19/h2,5,9-11H,3-4,6-8H2,1H3,(H,20,23). The van der Waals surface area contributed by atoms with Crippen LogP contribution in [0.1, 0.15) is 19.3 Å². The average molecular weight is 397 g/mol. The Kier molecular flexibility index (Phi) is 5.07. The number of benzene rings is 1. The van der Waals surface area contributed by atoms with Gasteiger partial charge in [0.2, 0.25) is 5.91 Å². The van der Waals surface area contributed by atoms with Gasteiger partial charge in [0.1, 0.15) is 0 Å². The number of hydrogen-bond acceptors (Lipinski definition) is 3. The van der Waals surface area contributed by atoms with Gasteiger partial charge >= 0.3 is 0 Å². The molecule has 1 aromatic heterocycles. The fraction of sp³-hybridized carbons (Fsp3) is 0.412. The number of amides is 1. The molecule has 122 valence electrons. The molecule has 0 aliphatic carbocycles. The summed E-state index contributed by atoms with van der Waals surface area (Å²) in [5.41, 5.74) is 2.00. The number of aromatic nitrogens is 1. The lowest BCUT2D eigenvalue weighted by atomic mass is 9.92. The van der Waals surface area contributed by atoms with Gasteiger partial charge in [-0.3, -0.25) is 9.78 Å². The lowest BCUT2D eigenvalue weighted by Crippen LogP contribution is -2.35. The number of pyridine rings is 1. The smallest absolute Gasteiger partial charge is 0.220 e. The first kappa shape index (κ1) is 16.5. The third kappa shape index (κ3) is 3.61. The summed E-state index contributed by atoms with van der Waals surface area (Å²) in [6, 6.07) is 5.99. The molecule has 1 aliphatic rings. The number of hydrogen-bond donors (Lipinski definition) is 1. The number of rotatable bonds is 3. The number of anilines is 1. The number of piperidine rings is 1. The maximum atomic E-state index is 11.5. The molecular weight excluding hydrogens is 378 g/mol. The van der Waals surface area contributed by atoms with E-state index in [9.17, 15) is 4.79 Å². The van der Waals surface area contributed by atoms with E-state index >= 15 is 0 Å². The highest BCUT2D eigenvalue weighted by molar-refractivity contribution is 9.10. The van der Waals surface area contributed by atoms with Crippen LogP contribution in [0.4, 0.5) is 5.69 Å². The molecule has 0 saturated carbocycles. The van der Waals surface area contributed by atoms with Crippen molar-refractivity contribution in [3.63, 3.8) is 0 Å². The van der Waals surface area contributed by atoms with Crippen molar-refractivity contribution in [3.8, 4) is 0 Å². The molecule has 2 heterocycles. The van der Waals surface area contributed by atoms with E-state index in [0.717, 1.165) is 47.0 Å². The van der Waals surface area contributed by atoms with E-state index in [4.69, 9.17) is 11.6 Å². The van der Waals surface area contributed by atoms with Gasteiger partial charge in [0, 0.05) is 48.3 Å². The molecule has 0 bridgehead atoms. The van der Waals surface area contributed by atoms with Crippen LogP contribution in [0.15, 0.2) is 28.9 Å². The zero-order valence-electron chi connectivity index (χ0n) is 13.0. The summed E-state index contributed by atoms with van der Waals surface area (Å²) in [6.45, 7) is 1.90. The molecule has 0 atom stereocenters. The molecule has 23 heavy (non-hydrogen) atoms. The Labute approximate surface area is 149 Å². The van der Waals surface area contributed by atoms with Crippen LogP contribution in [0.25, 0.3) is 10.9 Å². The van der Waals surface area contributed by atoms with E-state index in [1.165, 1.54) is 0 Å². The third-order valence-corrected chi connectivity index (χ3v) is 5.19.